The second-order valence-electron chi connectivity index (χ2n) is 8.59. The number of alkyl halides is 3. The van der Waals surface area contributed by atoms with Crippen molar-refractivity contribution in [1.82, 2.24) is 0 Å². The van der Waals surface area contributed by atoms with Crippen molar-refractivity contribution in [3.05, 3.63) is 76.7 Å². The summed E-state index contributed by atoms with van der Waals surface area (Å²) in [5.74, 6) is -0.908. The van der Waals surface area contributed by atoms with Crippen molar-refractivity contribution in [2.75, 3.05) is 5.32 Å². The van der Waals surface area contributed by atoms with Crippen LogP contribution in [0.1, 0.15) is 47.1 Å². The second kappa shape index (κ2) is 10.6. The predicted molar refractivity (Wildman–Crippen MR) is 135 cm³/mol. The van der Waals surface area contributed by atoms with Crippen LogP contribution in [0, 0.1) is 25.2 Å². The maximum absolute atomic E-state index is 13.7. The van der Waals surface area contributed by atoms with Gasteiger partial charge in [-0.1, -0.05) is 24.2 Å². The summed E-state index contributed by atoms with van der Waals surface area (Å²) in [5.41, 5.74) is 1.84. The van der Waals surface area contributed by atoms with E-state index in [0.717, 1.165) is 23.4 Å². The van der Waals surface area contributed by atoms with Gasteiger partial charge in [-0.15, -0.1) is 0 Å². The number of aliphatic carboxylic acids is 1. The van der Waals surface area contributed by atoms with E-state index in [1.165, 1.54) is 18.3 Å². The van der Waals surface area contributed by atoms with Crippen LogP contribution in [0.3, 0.4) is 0 Å². The zero-order valence-corrected chi connectivity index (χ0v) is 20.6. The lowest BCUT2D eigenvalue weighted by molar-refractivity contribution is -0.139. The number of hydrogen-bond donors (Lipinski definition) is 3. The molecule has 36 heavy (non-hydrogen) atoms. The standard InChI is InChI=1S/C26H25ClF3N3O3/c1-13-7-18(36-15(3)11-32-12-23(27)31)8-14(2)24(13)16(4)33-22-9-17(19-10-20(19)25(34)35)5-6-21(22)26(28,29)30/h5-9,11-12,19-20,31,33H,4,10H2,1-3H3,(H,34,35)/b15-11+,31-23?,32-12-/t19-,20-/m1/s1. The van der Waals surface area contributed by atoms with E-state index in [-0.39, 0.29) is 22.5 Å². The zero-order valence-electron chi connectivity index (χ0n) is 19.8. The monoisotopic (exact) mass is 519 g/mol. The van der Waals surface area contributed by atoms with E-state index in [4.69, 9.17) is 21.7 Å². The topological polar surface area (TPSA) is 94.8 Å². The van der Waals surface area contributed by atoms with Crippen LogP contribution >= 0.6 is 11.6 Å². The Morgan fingerprint density at radius 1 is 1.28 bits per heavy atom. The Hall–Kier alpha value is -3.59. The molecule has 0 unspecified atom stereocenters. The fourth-order valence-corrected chi connectivity index (χ4v) is 4.14. The maximum Gasteiger partial charge on any atom is 0.418 e. The summed E-state index contributed by atoms with van der Waals surface area (Å²) in [6, 6.07) is 7.12. The minimum Gasteiger partial charge on any atom is -0.481 e. The minimum atomic E-state index is -4.60. The Kier molecular flexibility index (Phi) is 7.93. The highest BCUT2D eigenvalue weighted by molar-refractivity contribution is 6.79. The van der Waals surface area contributed by atoms with Crippen LogP contribution in [0.2, 0.25) is 0 Å². The molecule has 0 radical (unpaired) electrons. The second-order valence-corrected chi connectivity index (χ2v) is 9.00. The molecule has 190 valence electrons. The number of halogens is 4. The van der Waals surface area contributed by atoms with E-state index in [2.05, 4.69) is 16.9 Å². The number of ether oxygens (including phenoxy) is 1. The summed E-state index contributed by atoms with van der Waals surface area (Å²) < 4.78 is 46.9. The minimum absolute atomic E-state index is 0.179. The highest BCUT2D eigenvalue weighted by Crippen LogP contribution is 2.49. The van der Waals surface area contributed by atoms with Crippen LogP contribution in [0.5, 0.6) is 5.75 Å². The molecule has 0 saturated heterocycles. The van der Waals surface area contributed by atoms with E-state index in [0.29, 0.717) is 29.1 Å². The summed E-state index contributed by atoms with van der Waals surface area (Å²) in [7, 11) is 0. The Labute approximate surface area is 211 Å². The predicted octanol–water partition coefficient (Wildman–Crippen LogP) is 7.12. The smallest absolute Gasteiger partial charge is 0.418 e. The van der Waals surface area contributed by atoms with Gasteiger partial charge in [-0.3, -0.25) is 15.2 Å². The third-order valence-corrected chi connectivity index (χ3v) is 5.80. The van der Waals surface area contributed by atoms with Gasteiger partial charge >= 0.3 is 12.1 Å². The van der Waals surface area contributed by atoms with E-state index in [1.807, 2.05) is 0 Å². The first-order chi connectivity index (χ1) is 16.8. The van der Waals surface area contributed by atoms with E-state index in [9.17, 15) is 23.1 Å². The molecule has 3 rings (SSSR count). The molecule has 1 saturated carbocycles. The molecule has 0 amide bonds. The molecule has 1 aliphatic carbocycles. The number of nitrogens with zero attached hydrogens (tertiary/aromatic N) is 1. The van der Waals surface area contributed by atoms with Crippen molar-refractivity contribution in [3.8, 4) is 5.75 Å². The first kappa shape index (κ1) is 27.0. The van der Waals surface area contributed by atoms with Crippen molar-refractivity contribution in [1.29, 1.82) is 5.41 Å². The van der Waals surface area contributed by atoms with Gasteiger partial charge in [0.05, 0.1) is 29.6 Å². The Bertz CT molecular complexity index is 1260. The van der Waals surface area contributed by atoms with Gasteiger partial charge in [-0.2, -0.15) is 13.2 Å². The number of carbonyl (C=O) groups is 1. The molecular weight excluding hydrogens is 495 g/mol. The molecule has 10 heteroatoms. The van der Waals surface area contributed by atoms with Crippen molar-refractivity contribution in [3.63, 3.8) is 0 Å². The van der Waals surface area contributed by atoms with Gasteiger partial charge < -0.3 is 15.2 Å². The average Bonchev–Trinajstić information content (AvgIpc) is 3.53. The molecule has 2 atom stereocenters. The largest absolute Gasteiger partial charge is 0.481 e. The fraction of sp³-hybridized carbons (Fsp3) is 0.269. The zero-order chi connectivity index (χ0) is 26.8. The van der Waals surface area contributed by atoms with Gasteiger partial charge in [-0.05, 0) is 74.1 Å². The van der Waals surface area contributed by atoms with Gasteiger partial charge in [-0.25, -0.2) is 0 Å². The Balaban J connectivity index is 1.87. The number of aliphatic imine (C=N–C) groups is 1. The molecule has 0 bridgehead atoms. The number of benzene rings is 2. The number of aryl methyl sites for hydroxylation is 2. The normalized spacial score (nSPS) is 17.7. The quantitative estimate of drug-likeness (QED) is 0.243. The number of carboxylic acid groups (broad SMARTS) is 1. The Morgan fingerprint density at radius 2 is 1.92 bits per heavy atom. The molecule has 3 N–H and O–H groups in total. The summed E-state index contributed by atoms with van der Waals surface area (Å²) in [4.78, 5) is 15.1. The molecule has 1 fully saturated rings. The van der Waals surface area contributed by atoms with Crippen molar-refractivity contribution in [2.45, 2.75) is 39.3 Å². The van der Waals surface area contributed by atoms with Gasteiger partial charge in [0.15, 0.2) is 0 Å². The fourth-order valence-electron chi connectivity index (χ4n) is 4.08. The summed E-state index contributed by atoms with van der Waals surface area (Å²) in [6.07, 6.45) is -1.66. The van der Waals surface area contributed by atoms with Crippen LogP contribution in [-0.2, 0) is 11.0 Å². The van der Waals surface area contributed by atoms with Crippen LogP contribution in [0.4, 0.5) is 18.9 Å². The molecule has 2 aromatic rings. The first-order valence-corrected chi connectivity index (χ1v) is 11.3. The summed E-state index contributed by atoms with van der Waals surface area (Å²) in [5, 5.41) is 18.9. The van der Waals surface area contributed by atoms with E-state index < -0.39 is 23.6 Å². The van der Waals surface area contributed by atoms with Gasteiger partial charge in [0, 0.05) is 11.3 Å². The number of rotatable bonds is 9. The molecule has 0 spiro atoms. The molecule has 0 heterocycles. The lowest BCUT2D eigenvalue weighted by Crippen LogP contribution is -2.12. The highest BCUT2D eigenvalue weighted by atomic mass is 35.5. The van der Waals surface area contributed by atoms with Gasteiger partial charge in [0.25, 0.3) is 0 Å². The number of hydrogen-bond acceptors (Lipinski definition) is 5. The first-order valence-electron chi connectivity index (χ1n) is 10.9. The van der Waals surface area contributed by atoms with Gasteiger partial charge in [0.2, 0.25) is 0 Å². The number of allylic oxidation sites excluding steroid dienone is 1. The molecule has 1 aliphatic rings. The Morgan fingerprint density at radius 3 is 2.44 bits per heavy atom. The molecule has 6 nitrogen and oxygen atoms in total. The average molecular weight is 520 g/mol. The summed E-state index contributed by atoms with van der Waals surface area (Å²) in [6.45, 7) is 9.22. The summed E-state index contributed by atoms with van der Waals surface area (Å²) >= 11 is 5.41. The van der Waals surface area contributed by atoms with Crippen molar-refractivity contribution in [2.24, 2.45) is 10.9 Å². The number of anilines is 1. The lowest BCUT2D eigenvalue weighted by atomic mass is 9.98. The third-order valence-electron chi connectivity index (χ3n) is 5.70. The van der Waals surface area contributed by atoms with Gasteiger partial charge in [0.1, 0.15) is 16.7 Å². The van der Waals surface area contributed by atoms with Crippen LogP contribution < -0.4 is 10.1 Å². The van der Waals surface area contributed by atoms with Crippen LogP contribution in [0.15, 0.2) is 53.9 Å². The molecule has 0 aromatic heterocycles. The number of nitrogens with one attached hydrogen (secondary N) is 2. The highest BCUT2D eigenvalue weighted by Gasteiger charge is 2.45. The molecule has 0 aliphatic heterocycles. The molecule has 2 aromatic carbocycles. The van der Waals surface area contributed by atoms with Crippen LogP contribution in [-0.4, -0.2) is 22.5 Å². The van der Waals surface area contributed by atoms with Crippen molar-refractivity contribution >= 4 is 40.3 Å². The number of carboxylic acids is 1. The maximum atomic E-state index is 13.7. The molecular formula is C26H25ClF3N3O3. The lowest BCUT2D eigenvalue weighted by Gasteiger charge is -2.20. The van der Waals surface area contributed by atoms with E-state index in [1.54, 1.807) is 32.9 Å². The third kappa shape index (κ3) is 6.54. The van der Waals surface area contributed by atoms with Crippen molar-refractivity contribution < 1.29 is 27.8 Å². The SMILES string of the molecule is C=C(Nc1cc([C@H]2C[C@H]2C(=O)O)ccc1C(F)(F)F)c1c(C)cc(O/C(C)=C/N=C\C(=N)Cl)cc1C. The van der Waals surface area contributed by atoms with Crippen LogP contribution in [0.25, 0.3) is 5.70 Å². The van der Waals surface area contributed by atoms with E-state index >= 15 is 0 Å².